The van der Waals surface area contributed by atoms with E-state index in [9.17, 15) is 8.78 Å². The van der Waals surface area contributed by atoms with E-state index in [4.69, 9.17) is 10.6 Å². The molecule has 0 radical (unpaired) electrons. The van der Waals surface area contributed by atoms with Crippen molar-refractivity contribution >= 4 is 0 Å². The van der Waals surface area contributed by atoms with Crippen molar-refractivity contribution in [3.63, 3.8) is 0 Å². The molecule has 0 saturated carbocycles. The number of halogens is 2. The first-order valence-electron chi connectivity index (χ1n) is 3.39. The highest BCUT2D eigenvalue weighted by molar-refractivity contribution is 4.62. The fourth-order valence-electron chi connectivity index (χ4n) is 0.0323. The topological polar surface area (TPSA) is 46.2 Å². The summed E-state index contributed by atoms with van der Waals surface area (Å²) < 4.78 is 49.5. The largest absolute Gasteiger partial charge is 0.390 e. The molecule has 0 unspecified atom stereocenters. The smallest absolute Gasteiger partial charge is 0.282 e. The summed E-state index contributed by atoms with van der Waals surface area (Å²) >= 11 is 0. The van der Waals surface area contributed by atoms with Gasteiger partial charge in [-0.05, 0) is 0 Å². The van der Waals surface area contributed by atoms with Crippen molar-refractivity contribution in [2.75, 3.05) is 13.1 Å². The van der Waals surface area contributed by atoms with Crippen molar-refractivity contribution < 1.29 is 19.4 Å². The SMILES string of the molecule is [2H]C([2H])(N)C(F)(F)C([2H])([2H])O. The Morgan fingerprint density at radius 3 is 2.29 bits per heavy atom. The Morgan fingerprint density at radius 2 is 2.29 bits per heavy atom. The molecule has 0 aromatic heterocycles. The van der Waals surface area contributed by atoms with Crippen molar-refractivity contribution in [2.45, 2.75) is 5.92 Å². The molecular weight excluding hydrogens is 104 g/mol. The molecule has 0 aromatic carbocycles. The van der Waals surface area contributed by atoms with E-state index in [1.807, 2.05) is 0 Å². The highest BCUT2D eigenvalue weighted by Gasteiger charge is 2.24. The van der Waals surface area contributed by atoms with Crippen LogP contribution in [0, 0.1) is 0 Å². The van der Waals surface area contributed by atoms with Crippen LogP contribution in [0.25, 0.3) is 0 Å². The van der Waals surface area contributed by atoms with Crippen LogP contribution in [0.15, 0.2) is 0 Å². The summed E-state index contributed by atoms with van der Waals surface area (Å²) in [7, 11) is 0. The Balaban J connectivity index is 4.75. The number of aliphatic hydroxyl groups is 1. The van der Waals surface area contributed by atoms with Gasteiger partial charge in [0.1, 0.15) is 6.56 Å². The fourth-order valence-corrected chi connectivity index (χ4v) is 0.0323. The molecule has 0 saturated heterocycles. The molecule has 44 valence electrons. The lowest BCUT2D eigenvalue weighted by atomic mass is 10.4. The summed E-state index contributed by atoms with van der Waals surface area (Å²) in [5.74, 6) is -4.63. The lowest BCUT2D eigenvalue weighted by Gasteiger charge is -2.07. The van der Waals surface area contributed by atoms with Gasteiger partial charge in [0.15, 0.2) is 0 Å². The molecule has 0 rings (SSSR count). The van der Waals surface area contributed by atoms with E-state index in [-0.39, 0.29) is 0 Å². The maximum atomic E-state index is 12.3. The van der Waals surface area contributed by atoms with Crippen LogP contribution >= 0.6 is 0 Å². The van der Waals surface area contributed by atoms with Crippen molar-refractivity contribution in [3.05, 3.63) is 0 Å². The molecule has 0 spiro atoms. The van der Waals surface area contributed by atoms with Crippen LogP contribution < -0.4 is 5.73 Å². The van der Waals surface area contributed by atoms with Crippen LogP contribution in [0.1, 0.15) is 5.48 Å². The number of rotatable bonds is 2. The zero-order valence-corrected chi connectivity index (χ0v) is 3.28. The molecule has 0 aliphatic rings. The van der Waals surface area contributed by atoms with E-state index in [0.29, 0.717) is 0 Å². The minimum atomic E-state index is -4.63. The van der Waals surface area contributed by atoms with E-state index >= 15 is 0 Å². The number of nitrogens with two attached hydrogens (primary N) is 1. The fraction of sp³-hybridized carbons (Fsp3) is 1.00. The van der Waals surface area contributed by atoms with Crippen molar-refractivity contribution in [2.24, 2.45) is 5.73 Å². The van der Waals surface area contributed by atoms with Crippen LogP contribution in [-0.4, -0.2) is 24.1 Å². The van der Waals surface area contributed by atoms with Gasteiger partial charge in [-0.3, -0.25) is 0 Å². The Kier molecular flexibility index (Phi) is 0.738. The third-order valence-electron chi connectivity index (χ3n) is 0.322. The zero-order valence-electron chi connectivity index (χ0n) is 7.28. The van der Waals surface area contributed by atoms with E-state index in [2.05, 4.69) is 5.73 Å². The Morgan fingerprint density at radius 1 is 1.86 bits per heavy atom. The van der Waals surface area contributed by atoms with E-state index in [0.717, 1.165) is 0 Å². The van der Waals surface area contributed by atoms with Gasteiger partial charge in [-0.15, -0.1) is 0 Å². The van der Waals surface area contributed by atoms with Gasteiger partial charge in [-0.2, -0.15) is 0 Å². The normalized spacial score (nSPS) is 24.6. The first-order valence-corrected chi connectivity index (χ1v) is 1.39. The number of hydrogen-bond acceptors (Lipinski definition) is 2. The molecule has 0 aliphatic heterocycles. The van der Waals surface area contributed by atoms with Gasteiger partial charge in [-0.25, -0.2) is 8.78 Å². The lowest BCUT2D eigenvalue weighted by molar-refractivity contribution is -0.0408. The molecule has 4 heteroatoms. The summed E-state index contributed by atoms with van der Waals surface area (Å²) in [6.45, 7) is -7.53. The van der Waals surface area contributed by atoms with E-state index in [1.165, 1.54) is 0 Å². The van der Waals surface area contributed by atoms with Crippen molar-refractivity contribution in [3.8, 4) is 0 Å². The van der Waals surface area contributed by atoms with Crippen LogP contribution in [0.2, 0.25) is 0 Å². The number of hydrogen-bond donors (Lipinski definition) is 2. The molecule has 0 fully saturated rings. The number of alkyl halides is 2. The van der Waals surface area contributed by atoms with E-state index < -0.39 is 19.0 Å². The van der Waals surface area contributed by atoms with Gasteiger partial charge in [0.05, 0.1) is 9.24 Å². The third-order valence-corrected chi connectivity index (χ3v) is 0.322. The first kappa shape index (κ1) is 2.37. The van der Waals surface area contributed by atoms with Crippen LogP contribution in [-0.2, 0) is 0 Å². The molecule has 0 bridgehead atoms. The van der Waals surface area contributed by atoms with Gasteiger partial charge in [-0.1, -0.05) is 0 Å². The maximum Gasteiger partial charge on any atom is 0.282 e. The molecule has 3 N–H and O–H groups in total. The molecule has 0 aromatic rings. The Labute approximate surface area is 45.6 Å². The molecule has 2 nitrogen and oxygen atoms in total. The third kappa shape index (κ3) is 2.47. The highest BCUT2D eigenvalue weighted by atomic mass is 19.3. The molecule has 0 atom stereocenters. The van der Waals surface area contributed by atoms with Gasteiger partial charge in [0.2, 0.25) is 0 Å². The average Bonchev–Trinajstić information content (AvgIpc) is 1.58. The lowest BCUT2D eigenvalue weighted by Crippen LogP contribution is -2.31. The molecular formula is C3H7F2NO. The van der Waals surface area contributed by atoms with Crippen LogP contribution in [0.5, 0.6) is 0 Å². The van der Waals surface area contributed by atoms with Crippen molar-refractivity contribution in [1.29, 1.82) is 0 Å². The second-order valence-electron chi connectivity index (χ2n) is 0.831. The zero-order chi connectivity index (χ0) is 9.50. The summed E-state index contributed by atoms with van der Waals surface area (Å²) in [6, 6.07) is 0. The molecule has 0 amide bonds. The standard InChI is InChI=1S/C3H7F2NO/c4-3(5,1-6)2-7/h7H,1-2,6H2/i1D2,2D2. The van der Waals surface area contributed by atoms with Gasteiger partial charge in [0, 0.05) is 2.74 Å². The van der Waals surface area contributed by atoms with E-state index in [1.54, 1.807) is 0 Å². The highest BCUT2D eigenvalue weighted by Crippen LogP contribution is 2.07. The van der Waals surface area contributed by atoms with Crippen LogP contribution in [0.4, 0.5) is 8.78 Å². The quantitative estimate of drug-likeness (QED) is 0.513. The summed E-state index contributed by atoms with van der Waals surface area (Å²) in [5, 5.41) is 8.14. The predicted octanol–water partition coefficient (Wildman–Crippen LogP) is -0.427. The minimum Gasteiger partial charge on any atom is -0.390 e. The first-order chi connectivity index (χ1) is 4.50. The minimum absolute atomic E-state index is 3.58. The van der Waals surface area contributed by atoms with Gasteiger partial charge in [0.25, 0.3) is 5.92 Å². The van der Waals surface area contributed by atoms with Gasteiger partial charge >= 0.3 is 0 Å². The molecule has 0 heterocycles. The Bertz CT molecular complexity index is 134. The Hall–Kier alpha value is -0.220. The maximum absolute atomic E-state index is 12.3. The van der Waals surface area contributed by atoms with Crippen LogP contribution in [0.3, 0.4) is 0 Å². The second kappa shape index (κ2) is 2.18. The molecule has 0 aliphatic carbocycles. The second-order valence-corrected chi connectivity index (χ2v) is 0.831. The molecule has 7 heavy (non-hydrogen) atoms. The monoisotopic (exact) mass is 115 g/mol. The summed E-state index contributed by atoms with van der Waals surface area (Å²) in [4.78, 5) is 0. The van der Waals surface area contributed by atoms with Crippen molar-refractivity contribution in [1.82, 2.24) is 0 Å². The average molecular weight is 115 g/mol. The predicted molar refractivity (Wildman–Crippen MR) is 21.1 cm³/mol. The van der Waals surface area contributed by atoms with Gasteiger partial charge < -0.3 is 10.8 Å². The summed E-state index contributed by atoms with van der Waals surface area (Å²) in [5.41, 5.74) is 4.28. The summed E-state index contributed by atoms with van der Waals surface area (Å²) in [6.07, 6.45) is 0.